The maximum Gasteiger partial charge on any atom is 0.242 e. The van der Waals surface area contributed by atoms with E-state index >= 15 is 0 Å². The quantitative estimate of drug-likeness (QED) is 0.489. The van der Waals surface area contributed by atoms with Crippen LogP contribution < -0.4 is 5.32 Å². The highest BCUT2D eigenvalue weighted by Gasteiger charge is 2.28. The van der Waals surface area contributed by atoms with E-state index in [2.05, 4.69) is 76.3 Å². The van der Waals surface area contributed by atoms with Gasteiger partial charge in [0, 0.05) is 19.5 Å². The second kappa shape index (κ2) is 12.6. The molecule has 0 fully saturated rings. The lowest BCUT2D eigenvalue weighted by molar-refractivity contribution is -0.140. The molecule has 0 aliphatic heterocycles. The molecule has 0 saturated heterocycles. The van der Waals surface area contributed by atoms with Crippen LogP contribution in [0.25, 0.3) is 0 Å². The number of carbonyl (C=O) groups is 2. The van der Waals surface area contributed by atoms with Gasteiger partial charge in [0.05, 0.1) is 0 Å². The highest BCUT2D eigenvalue weighted by Crippen LogP contribution is 2.22. The van der Waals surface area contributed by atoms with Gasteiger partial charge in [-0.15, -0.1) is 0 Å². The van der Waals surface area contributed by atoms with Gasteiger partial charge in [-0.1, -0.05) is 96.1 Å². The zero-order chi connectivity index (χ0) is 24.4. The number of amides is 2. The Morgan fingerprint density at radius 1 is 0.909 bits per heavy atom. The Morgan fingerprint density at radius 2 is 1.52 bits per heavy atom. The molecule has 0 aliphatic carbocycles. The van der Waals surface area contributed by atoms with Gasteiger partial charge >= 0.3 is 0 Å². The minimum absolute atomic E-state index is 0.0392. The molecule has 0 bridgehead atoms. The second-order valence-electron chi connectivity index (χ2n) is 10.3. The van der Waals surface area contributed by atoms with Crippen LogP contribution in [-0.4, -0.2) is 35.8 Å². The summed E-state index contributed by atoms with van der Waals surface area (Å²) in [5.74, 6) is 0.357. The average molecular weight is 451 g/mol. The van der Waals surface area contributed by atoms with Gasteiger partial charge in [-0.2, -0.15) is 0 Å². The molecule has 2 aromatic carbocycles. The van der Waals surface area contributed by atoms with E-state index < -0.39 is 6.04 Å². The molecule has 0 aromatic heterocycles. The number of nitrogens with zero attached hydrogens (tertiary/aromatic N) is 1. The Balaban J connectivity index is 2.11. The van der Waals surface area contributed by atoms with Crippen molar-refractivity contribution in [1.29, 1.82) is 0 Å². The number of rotatable bonds is 11. The number of nitrogens with one attached hydrogen (secondary N) is 1. The molecule has 2 rings (SSSR count). The van der Waals surface area contributed by atoms with Crippen molar-refractivity contribution in [2.24, 2.45) is 5.92 Å². The van der Waals surface area contributed by atoms with E-state index in [9.17, 15) is 9.59 Å². The van der Waals surface area contributed by atoms with E-state index in [0.717, 1.165) is 12.0 Å². The lowest BCUT2D eigenvalue weighted by atomic mass is 9.86. The molecule has 4 heteroatoms. The monoisotopic (exact) mass is 450 g/mol. The molecule has 1 unspecified atom stereocenters. The Kier molecular flexibility index (Phi) is 10.1. The first kappa shape index (κ1) is 26.6. The van der Waals surface area contributed by atoms with Crippen LogP contribution >= 0.6 is 0 Å². The highest BCUT2D eigenvalue weighted by atomic mass is 16.2. The lowest BCUT2D eigenvalue weighted by Crippen LogP contribution is -2.50. The predicted molar refractivity (Wildman–Crippen MR) is 137 cm³/mol. The second-order valence-corrected chi connectivity index (χ2v) is 10.3. The summed E-state index contributed by atoms with van der Waals surface area (Å²) in [6.45, 7) is 13.9. The van der Waals surface area contributed by atoms with E-state index in [4.69, 9.17) is 0 Å². The standard InChI is InChI=1S/C29H42N2O2/c1-7-26(28(33)30-21-22(2)3)31(20-19-23-11-9-8-10-12-23)27(32)18-15-24-13-16-25(17-14-24)29(4,5)6/h8-14,16-17,22,26H,7,15,18-21H2,1-6H3,(H,30,33). The molecule has 0 heterocycles. The van der Waals surface area contributed by atoms with Crippen molar-refractivity contribution >= 4 is 11.8 Å². The normalized spacial score (nSPS) is 12.5. The summed E-state index contributed by atoms with van der Waals surface area (Å²) in [7, 11) is 0. The summed E-state index contributed by atoms with van der Waals surface area (Å²) in [5.41, 5.74) is 3.72. The first-order valence-corrected chi connectivity index (χ1v) is 12.3. The lowest BCUT2D eigenvalue weighted by Gasteiger charge is -2.31. The van der Waals surface area contributed by atoms with Gasteiger partial charge in [0.2, 0.25) is 11.8 Å². The fourth-order valence-corrected chi connectivity index (χ4v) is 3.88. The van der Waals surface area contributed by atoms with E-state index in [0.29, 0.717) is 38.3 Å². The molecule has 0 radical (unpaired) electrons. The van der Waals surface area contributed by atoms with Gasteiger partial charge in [-0.3, -0.25) is 9.59 Å². The van der Waals surface area contributed by atoms with Gasteiger partial charge in [-0.05, 0) is 47.3 Å². The molecule has 2 amide bonds. The zero-order valence-corrected chi connectivity index (χ0v) is 21.4. The summed E-state index contributed by atoms with van der Waals surface area (Å²) >= 11 is 0. The molecule has 0 spiro atoms. The van der Waals surface area contributed by atoms with E-state index in [1.807, 2.05) is 25.1 Å². The number of aryl methyl sites for hydroxylation is 1. The molecule has 33 heavy (non-hydrogen) atoms. The number of benzene rings is 2. The predicted octanol–water partition coefficient (Wildman–Crippen LogP) is 5.54. The first-order valence-electron chi connectivity index (χ1n) is 12.3. The molecule has 1 atom stereocenters. The maximum absolute atomic E-state index is 13.4. The fraction of sp³-hybridized carbons (Fsp3) is 0.517. The van der Waals surface area contributed by atoms with Gasteiger partial charge in [0.1, 0.15) is 6.04 Å². The van der Waals surface area contributed by atoms with Crippen LogP contribution in [0.5, 0.6) is 0 Å². The summed E-state index contributed by atoms with van der Waals surface area (Å²) < 4.78 is 0. The van der Waals surface area contributed by atoms with Crippen molar-refractivity contribution < 1.29 is 9.59 Å². The van der Waals surface area contributed by atoms with E-state index in [-0.39, 0.29) is 17.2 Å². The van der Waals surface area contributed by atoms with Crippen molar-refractivity contribution in [3.63, 3.8) is 0 Å². The third-order valence-electron chi connectivity index (χ3n) is 6.00. The van der Waals surface area contributed by atoms with Crippen LogP contribution in [0.3, 0.4) is 0 Å². The number of hydrogen-bond donors (Lipinski definition) is 1. The highest BCUT2D eigenvalue weighted by molar-refractivity contribution is 5.87. The van der Waals surface area contributed by atoms with Crippen LogP contribution in [0.1, 0.15) is 71.1 Å². The van der Waals surface area contributed by atoms with Crippen LogP contribution in [0.4, 0.5) is 0 Å². The SMILES string of the molecule is CCC(C(=O)NCC(C)C)N(CCc1ccccc1)C(=O)CCc1ccc(C(C)(C)C)cc1. The number of hydrogen-bond acceptors (Lipinski definition) is 2. The van der Waals surface area contributed by atoms with E-state index in [1.54, 1.807) is 4.90 Å². The topological polar surface area (TPSA) is 49.4 Å². The Morgan fingerprint density at radius 3 is 2.06 bits per heavy atom. The fourth-order valence-electron chi connectivity index (χ4n) is 3.88. The Bertz CT molecular complexity index is 867. The third-order valence-corrected chi connectivity index (χ3v) is 6.00. The minimum Gasteiger partial charge on any atom is -0.354 e. The van der Waals surface area contributed by atoms with Crippen molar-refractivity contribution in [1.82, 2.24) is 10.2 Å². The minimum atomic E-state index is -0.441. The smallest absolute Gasteiger partial charge is 0.242 e. The van der Waals surface area contributed by atoms with Gasteiger partial charge < -0.3 is 10.2 Å². The molecule has 2 aromatic rings. The van der Waals surface area contributed by atoms with Crippen molar-refractivity contribution in [2.75, 3.05) is 13.1 Å². The first-order chi connectivity index (χ1) is 15.6. The molecule has 4 nitrogen and oxygen atoms in total. The van der Waals surface area contributed by atoms with Crippen LogP contribution in [-0.2, 0) is 27.8 Å². The molecular weight excluding hydrogens is 408 g/mol. The Labute approximate surface area is 200 Å². The van der Waals surface area contributed by atoms with Crippen LogP contribution in [0, 0.1) is 5.92 Å². The average Bonchev–Trinajstić information content (AvgIpc) is 2.79. The van der Waals surface area contributed by atoms with Gasteiger partial charge in [-0.25, -0.2) is 0 Å². The Hall–Kier alpha value is -2.62. The molecule has 1 N–H and O–H groups in total. The van der Waals surface area contributed by atoms with Crippen molar-refractivity contribution in [3.05, 3.63) is 71.3 Å². The van der Waals surface area contributed by atoms with Crippen LogP contribution in [0.2, 0.25) is 0 Å². The van der Waals surface area contributed by atoms with Crippen LogP contribution in [0.15, 0.2) is 54.6 Å². The summed E-state index contributed by atoms with van der Waals surface area (Å²) in [4.78, 5) is 28.1. The number of carbonyl (C=O) groups excluding carboxylic acids is 2. The van der Waals surface area contributed by atoms with Crippen molar-refractivity contribution in [2.45, 2.75) is 78.7 Å². The summed E-state index contributed by atoms with van der Waals surface area (Å²) in [5, 5.41) is 3.03. The molecule has 180 valence electrons. The summed E-state index contributed by atoms with van der Waals surface area (Å²) in [6, 6.07) is 18.3. The molecule has 0 saturated carbocycles. The molecular formula is C29H42N2O2. The van der Waals surface area contributed by atoms with Crippen molar-refractivity contribution in [3.8, 4) is 0 Å². The summed E-state index contributed by atoms with van der Waals surface area (Å²) in [6.07, 6.45) is 2.41. The third kappa shape index (κ3) is 8.68. The molecule has 0 aliphatic rings. The zero-order valence-electron chi connectivity index (χ0n) is 21.4. The van der Waals surface area contributed by atoms with Gasteiger partial charge in [0.25, 0.3) is 0 Å². The largest absolute Gasteiger partial charge is 0.354 e. The maximum atomic E-state index is 13.4. The van der Waals surface area contributed by atoms with Gasteiger partial charge in [0.15, 0.2) is 0 Å². The van der Waals surface area contributed by atoms with E-state index in [1.165, 1.54) is 11.1 Å².